The molecule has 76 valence electrons. The summed E-state index contributed by atoms with van der Waals surface area (Å²) in [6.07, 6.45) is 0. The van der Waals surface area contributed by atoms with Crippen LogP contribution in [-0.4, -0.2) is 29.1 Å². The summed E-state index contributed by atoms with van der Waals surface area (Å²) in [5, 5.41) is 11.7. The Morgan fingerprint density at radius 3 is 2.86 bits per heavy atom. The number of thiazole rings is 1. The monoisotopic (exact) mass is 276 g/mol. The van der Waals surface area contributed by atoms with Crippen molar-refractivity contribution in [2.75, 3.05) is 18.0 Å². The molecule has 0 spiro atoms. The van der Waals surface area contributed by atoms with Crippen LogP contribution in [0.25, 0.3) is 0 Å². The number of anilines is 1. The maximum atomic E-state index is 10.8. The van der Waals surface area contributed by atoms with Crippen molar-refractivity contribution in [3.8, 4) is 0 Å². The van der Waals surface area contributed by atoms with Crippen molar-refractivity contribution in [2.24, 2.45) is 5.41 Å². The largest absolute Gasteiger partial charge is 0.481 e. The standard InChI is InChI=1S/C8H9BrN2O2S/c1-8(6(12)13)3-11(4-8)7-10-5(9)2-14-7/h2H,3-4H2,1H3,(H,12,13). The van der Waals surface area contributed by atoms with Crippen LogP contribution in [0, 0.1) is 5.41 Å². The van der Waals surface area contributed by atoms with Gasteiger partial charge in [0.2, 0.25) is 0 Å². The third-order valence-corrected chi connectivity index (χ3v) is 3.94. The Kier molecular flexibility index (Phi) is 2.27. The maximum Gasteiger partial charge on any atom is 0.312 e. The quantitative estimate of drug-likeness (QED) is 0.895. The van der Waals surface area contributed by atoms with Crippen molar-refractivity contribution in [2.45, 2.75) is 6.92 Å². The second-order valence-corrected chi connectivity index (χ2v) is 5.32. The SMILES string of the molecule is CC1(C(=O)O)CN(c2nc(Br)cs2)C1. The molecule has 0 bridgehead atoms. The lowest BCUT2D eigenvalue weighted by molar-refractivity contribution is -0.149. The second-order valence-electron chi connectivity index (χ2n) is 3.67. The molecule has 4 nitrogen and oxygen atoms in total. The first-order chi connectivity index (χ1) is 6.51. The molecule has 0 aliphatic carbocycles. The van der Waals surface area contributed by atoms with Gasteiger partial charge in [-0.05, 0) is 22.9 Å². The fraction of sp³-hybridized carbons (Fsp3) is 0.500. The normalized spacial score (nSPS) is 19.1. The number of nitrogens with zero attached hydrogens (tertiary/aromatic N) is 2. The van der Waals surface area contributed by atoms with Gasteiger partial charge in [-0.3, -0.25) is 4.79 Å². The van der Waals surface area contributed by atoms with Gasteiger partial charge in [-0.1, -0.05) is 0 Å². The number of hydrogen-bond donors (Lipinski definition) is 1. The molecule has 0 amide bonds. The minimum Gasteiger partial charge on any atom is -0.481 e. The van der Waals surface area contributed by atoms with E-state index in [1.807, 2.05) is 10.3 Å². The first kappa shape index (κ1) is 9.92. The summed E-state index contributed by atoms with van der Waals surface area (Å²) in [5.74, 6) is -0.732. The van der Waals surface area contributed by atoms with E-state index in [1.165, 1.54) is 11.3 Å². The number of carbonyl (C=O) groups is 1. The van der Waals surface area contributed by atoms with Gasteiger partial charge in [0.25, 0.3) is 0 Å². The van der Waals surface area contributed by atoms with E-state index in [2.05, 4.69) is 20.9 Å². The minimum absolute atomic E-state index is 0.544. The van der Waals surface area contributed by atoms with Crippen molar-refractivity contribution < 1.29 is 9.90 Å². The van der Waals surface area contributed by atoms with E-state index in [0.717, 1.165) is 9.73 Å². The highest BCUT2D eigenvalue weighted by Gasteiger charge is 2.46. The van der Waals surface area contributed by atoms with Crippen LogP contribution in [0.15, 0.2) is 9.98 Å². The lowest BCUT2D eigenvalue weighted by Crippen LogP contribution is -2.58. The van der Waals surface area contributed by atoms with Crippen molar-refractivity contribution in [3.05, 3.63) is 9.98 Å². The zero-order valence-corrected chi connectivity index (χ0v) is 9.93. The number of rotatable bonds is 2. The minimum atomic E-state index is -0.732. The summed E-state index contributed by atoms with van der Waals surface area (Å²) >= 11 is 4.79. The molecule has 1 aliphatic rings. The zero-order valence-electron chi connectivity index (χ0n) is 7.53. The van der Waals surface area contributed by atoms with Gasteiger partial charge in [0.1, 0.15) is 4.60 Å². The topological polar surface area (TPSA) is 53.4 Å². The van der Waals surface area contributed by atoms with E-state index < -0.39 is 11.4 Å². The lowest BCUT2D eigenvalue weighted by Gasteiger charge is -2.44. The van der Waals surface area contributed by atoms with E-state index in [-0.39, 0.29) is 0 Å². The van der Waals surface area contributed by atoms with Crippen LogP contribution >= 0.6 is 27.3 Å². The molecule has 0 radical (unpaired) electrons. The number of hydrogen-bond acceptors (Lipinski definition) is 4. The summed E-state index contributed by atoms with van der Waals surface area (Å²) in [6.45, 7) is 2.85. The predicted molar refractivity (Wildman–Crippen MR) is 57.8 cm³/mol. The highest BCUT2D eigenvalue weighted by Crippen LogP contribution is 2.36. The predicted octanol–water partition coefficient (Wildman–Crippen LogP) is 1.82. The Bertz CT molecular complexity index is 373. The van der Waals surface area contributed by atoms with Crippen molar-refractivity contribution in [1.82, 2.24) is 4.98 Å². The van der Waals surface area contributed by atoms with Gasteiger partial charge in [-0.2, -0.15) is 0 Å². The van der Waals surface area contributed by atoms with Gasteiger partial charge in [-0.25, -0.2) is 4.98 Å². The Labute approximate surface area is 93.7 Å². The molecule has 1 aromatic heterocycles. The average molecular weight is 277 g/mol. The number of aliphatic carboxylic acids is 1. The van der Waals surface area contributed by atoms with Gasteiger partial charge in [0.15, 0.2) is 5.13 Å². The Morgan fingerprint density at radius 2 is 2.43 bits per heavy atom. The number of halogens is 1. The zero-order chi connectivity index (χ0) is 10.3. The molecule has 2 rings (SSSR count). The van der Waals surface area contributed by atoms with Crippen LogP contribution in [0.4, 0.5) is 5.13 Å². The fourth-order valence-corrected chi connectivity index (χ4v) is 2.71. The van der Waals surface area contributed by atoms with Gasteiger partial charge in [0.05, 0.1) is 5.41 Å². The molecule has 0 unspecified atom stereocenters. The fourth-order valence-electron chi connectivity index (χ4n) is 1.46. The van der Waals surface area contributed by atoms with E-state index >= 15 is 0 Å². The molecule has 6 heteroatoms. The molecule has 0 saturated carbocycles. The van der Waals surface area contributed by atoms with Gasteiger partial charge < -0.3 is 10.0 Å². The first-order valence-corrected chi connectivity index (χ1v) is 5.78. The van der Waals surface area contributed by atoms with Crippen molar-refractivity contribution in [3.63, 3.8) is 0 Å². The number of carboxylic acids is 1. The Morgan fingerprint density at radius 1 is 1.79 bits per heavy atom. The number of carboxylic acid groups (broad SMARTS) is 1. The van der Waals surface area contributed by atoms with E-state index in [0.29, 0.717) is 13.1 Å². The first-order valence-electron chi connectivity index (χ1n) is 4.11. The molecule has 1 saturated heterocycles. The summed E-state index contributed by atoms with van der Waals surface area (Å²) in [6, 6.07) is 0. The lowest BCUT2D eigenvalue weighted by atomic mass is 9.82. The third-order valence-electron chi connectivity index (χ3n) is 2.33. The molecule has 1 fully saturated rings. The Hall–Kier alpha value is -0.620. The molecule has 1 N–H and O–H groups in total. The van der Waals surface area contributed by atoms with Crippen LogP contribution in [0.3, 0.4) is 0 Å². The molecule has 0 aromatic carbocycles. The molecule has 1 aliphatic heterocycles. The summed E-state index contributed by atoms with van der Waals surface area (Å²) < 4.78 is 0.807. The molecular weight excluding hydrogens is 268 g/mol. The molecule has 2 heterocycles. The maximum absolute atomic E-state index is 10.8. The van der Waals surface area contributed by atoms with Crippen molar-refractivity contribution in [1.29, 1.82) is 0 Å². The van der Waals surface area contributed by atoms with Gasteiger partial charge >= 0.3 is 5.97 Å². The summed E-state index contributed by atoms with van der Waals surface area (Å²) in [5.41, 5.74) is -0.599. The molecule has 14 heavy (non-hydrogen) atoms. The molecular formula is C8H9BrN2O2S. The van der Waals surface area contributed by atoms with Crippen LogP contribution in [0.1, 0.15) is 6.92 Å². The van der Waals surface area contributed by atoms with Crippen LogP contribution in [0.5, 0.6) is 0 Å². The van der Waals surface area contributed by atoms with E-state index in [4.69, 9.17) is 5.11 Å². The Balaban J connectivity index is 2.04. The summed E-state index contributed by atoms with van der Waals surface area (Å²) in [7, 11) is 0. The molecule has 1 aromatic rings. The highest BCUT2D eigenvalue weighted by molar-refractivity contribution is 9.10. The van der Waals surface area contributed by atoms with Gasteiger partial charge in [0, 0.05) is 18.5 Å². The third kappa shape index (κ3) is 1.52. The van der Waals surface area contributed by atoms with E-state index in [9.17, 15) is 4.79 Å². The van der Waals surface area contributed by atoms with E-state index in [1.54, 1.807) is 6.92 Å². The molecule has 0 atom stereocenters. The highest BCUT2D eigenvalue weighted by atomic mass is 79.9. The second kappa shape index (κ2) is 3.20. The van der Waals surface area contributed by atoms with Crippen molar-refractivity contribution >= 4 is 38.4 Å². The van der Waals surface area contributed by atoms with Crippen LogP contribution in [-0.2, 0) is 4.79 Å². The number of aromatic nitrogens is 1. The average Bonchev–Trinajstić information content (AvgIpc) is 2.45. The van der Waals surface area contributed by atoms with Gasteiger partial charge in [-0.15, -0.1) is 11.3 Å². The smallest absolute Gasteiger partial charge is 0.312 e. The van der Waals surface area contributed by atoms with Crippen LogP contribution < -0.4 is 4.90 Å². The van der Waals surface area contributed by atoms with Crippen LogP contribution in [0.2, 0.25) is 0 Å². The summed E-state index contributed by atoms with van der Waals surface area (Å²) in [4.78, 5) is 17.0.